The summed E-state index contributed by atoms with van der Waals surface area (Å²) in [5.74, 6) is 2.21. The smallest absolute Gasteiger partial charge is 0.238 e. The Labute approximate surface area is 119 Å². The van der Waals surface area contributed by atoms with Crippen LogP contribution >= 0.6 is 0 Å². The second kappa shape index (κ2) is 7.97. The summed E-state index contributed by atoms with van der Waals surface area (Å²) in [7, 11) is 1.72. The van der Waals surface area contributed by atoms with Crippen LogP contribution in [0.3, 0.4) is 0 Å². The van der Waals surface area contributed by atoms with Crippen molar-refractivity contribution in [2.75, 3.05) is 25.5 Å². The van der Waals surface area contributed by atoms with Gasteiger partial charge >= 0.3 is 0 Å². The quantitative estimate of drug-likeness (QED) is 0.596. The summed E-state index contributed by atoms with van der Waals surface area (Å²) in [6.45, 7) is 2.46. The van der Waals surface area contributed by atoms with E-state index in [1.165, 1.54) is 6.92 Å². The number of nitrogens with zero attached hydrogens (tertiary/aromatic N) is 1. The minimum absolute atomic E-state index is 0.0261. The maximum Gasteiger partial charge on any atom is 0.238 e. The molecule has 106 valence electrons. The highest BCUT2D eigenvalue weighted by atomic mass is 16.2. The van der Waals surface area contributed by atoms with Crippen LogP contribution in [0.4, 0.5) is 5.69 Å². The van der Waals surface area contributed by atoms with Gasteiger partial charge in [0, 0.05) is 26.2 Å². The Morgan fingerprint density at radius 1 is 1.35 bits per heavy atom. The van der Waals surface area contributed by atoms with Crippen molar-refractivity contribution in [3.05, 3.63) is 29.8 Å². The number of anilines is 1. The van der Waals surface area contributed by atoms with Crippen LogP contribution in [-0.2, 0) is 16.1 Å². The molecule has 0 radical (unpaired) electrons. The lowest BCUT2D eigenvalue weighted by Gasteiger charge is -2.17. The predicted octanol–water partition coefficient (Wildman–Crippen LogP) is 0.826. The zero-order chi connectivity index (χ0) is 15.0. The molecule has 0 heterocycles. The van der Waals surface area contributed by atoms with Crippen LogP contribution < -0.4 is 10.6 Å². The normalized spacial score (nSPS) is 9.65. The highest BCUT2D eigenvalue weighted by Crippen LogP contribution is 2.16. The van der Waals surface area contributed by atoms with Crippen LogP contribution in [0.15, 0.2) is 24.3 Å². The third-order valence-electron chi connectivity index (χ3n) is 2.75. The summed E-state index contributed by atoms with van der Waals surface area (Å²) < 4.78 is 0. The van der Waals surface area contributed by atoms with Crippen molar-refractivity contribution in [1.29, 1.82) is 0 Å². The van der Waals surface area contributed by atoms with Crippen LogP contribution in [0.1, 0.15) is 12.5 Å². The van der Waals surface area contributed by atoms with E-state index in [-0.39, 0.29) is 18.4 Å². The molecule has 0 aliphatic heterocycles. The number of benzene rings is 1. The third-order valence-corrected chi connectivity index (χ3v) is 2.75. The molecular formula is C15H19N3O2. The van der Waals surface area contributed by atoms with Crippen molar-refractivity contribution in [3.8, 4) is 12.3 Å². The average molecular weight is 273 g/mol. The summed E-state index contributed by atoms with van der Waals surface area (Å²) in [4.78, 5) is 24.6. The molecule has 0 saturated heterocycles. The van der Waals surface area contributed by atoms with E-state index in [1.54, 1.807) is 11.9 Å². The molecule has 0 bridgehead atoms. The van der Waals surface area contributed by atoms with E-state index < -0.39 is 0 Å². The van der Waals surface area contributed by atoms with Crippen molar-refractivity contribution in [2.45, 2.75) is 13.5 Å². The Morgan fingerprint density at radius 3 is 2.70 bits per heavy atom. The number of rotatable bonds is 6. The van der Waals surface area contributed by atoms with Crippen LogP contribution in [0.2, 0.25) is 0 Å². The first-order chi connectivity index (χ1) is 9.54. The van der Waals surface area contributed by atoms with E-state index in [4.69, 9.17) is 6.42 Å². The average Bonchev–Trinajstić information content (AvgIpc) is 2.41. The van der Waals surface area contributed by atoms with Crippen molar-refractivity contribution >= 4 is 17.5 Å². The van der Waals surface area contributed by atoms with Crippen LogP contribution in [0.25, 0.3) is 0 Å². The molecule has 0 saturated carbocycles. The van der Waals surface area contributed by atoms with E-state index in [2.05, 4.69) is 16.6 Å². The van der Waals surface area contributed by atoms with E-state index in [0.29, 0.717) is 18.8 Å². The van der Waals surface area contributed by atoms with E-state index in [9.17, 15) is 9.59 Å². The van der Waals surface area contributed by atoms with Crippen molar-refractivity contribution in [2.24, 2.45) is 0 Å². The molecule has 20 heavy (non-hydrogen) atoms. The summed E-state index contributed by atoms with van der Waals surface area (Å²) >= 11 is 0. The summed E-state index contributed by atoms with van der Waals surface area (Å²) in [5.41, 5.74) is 1.59. The fraction of sp³-hybridized carbons (Fsp3) is 0.333. The van der Waals surface area contributed by atoms with Gasteiger partial charge in [-0.3, -0.25) is 14.9 Å². The molecule has 0 spiro atoms. The molecule has 2 amide bonds. The largest absolute Gasteiger partial charge is 0.342 e. The summed E-state index contributed by atoms with van der Waals surface area (Å²) in [6, 6.07) is 7.39. The molecule has 0 unspecified atom stereocenters. The second-order valence-electron chi connectivity index (χ2n) is 4.39. The Balaban J connectivity index is 2.68. The van der Waals surface area contributed by atoms with Gasteiger partial charge in [-0.1, -0.05) is 24.1 Å². The highest BCUT2D eigenvalue weighted by Gasteiger charge is 2.09. The molecule has 2 N–H and O–H groups in total. The highest BCUT2D eigenvalue weighted by molar-refractivity contribution is 5.93. The lowest BCUT2D eigenvalue weighted by atomic mass is 10.1. The first-order valence-corrected chi connectivity index (χ1v) is 6.28. The number of hydrogen-bond acceptors (Lipinski definition) is 3. The Morgan fingerprint density at radius 2 is 2.05 bits per heavy atom. The lowest BCUT2D eigenvalue weighted by molar-refractivity contribution is -0.128. The molecule has 0 fully saturated rings. The third kappa shape index (κ3) is 5.12. The van der Waals surface area contributed by atoms with Crippen LogP contribution in [0, 0.1) is 12.3 Å². The van der Waals surface area contributed by atoms with Crippen LogP contribution in [0.5, 0.6) is 0 Å². The number of para-hydroxylation sites is 1. The number of nitrogens with one attached hydrogen (secondary N) is 2. The lowest BCUT2D eigenvalue weighted by Crippen LogP contribution is -2.29. The number of terminal acetylenes is 1. The molecule has 0 atom stereocenters. The van der Waals surface area contributed by atoms with E-state index in [1.807, 2.05) is 24.3 Å². The molecule has 5 heteroatoms. The van der Waals surface area contributed by atoms with Gasteiger partial charge in [0.2, 0.25) is 11.8 Å². The summed E-state index contributed by atoms with van der Waals surface area (Å²) in [6.07, 6.45) is 5.09. The molecule has 0 aliphatic carbocycles. The Bertz CT molecular complexity index is 520. The molecule has 1 rings (SSSR count). The molecule has 0 aliphatic rings. The molecule has 0 aromatic heterocycles. The molecule has 5 nitrogen and oxygen atoms in total. The maximum atomic E-state index is 11.7. The van der Waals surface area contributed by atoms with Crippen molar-refractivity contribution in [1.82, 2.24) is 10.2 Å². The zero-order valence-electron chi connectivity index (χ0n) is 11.8. The number of carbonyl (C=O) groups is 2. The van der Waals surface area contributed by atoms with Gasteiger partial charge in [-0.15, -0.1) is 6.42 Å². The second-order valence-corrected chi connectivity index (χ2v) is 4.39. The van der Waals surface area contributed by atoms with Gasteiger partial charge in [0.05, 0.1) is 13.1 Å². The minimum Gasteiger partial charge on any atom is -0.342 e. The SMILES string of the molecule is C#CCNCC(=O)Nc1ccccc1CN(C)C(C)=O. The Kier molecular flexibility index (Phi) is 6.27. The monoisotopic (exact) mass is 273 g/mol. The zero-order valence-corrected chi connectivity index (χ0v) is 11.8. The fourth-order valence-electron chi connectivity index (χ4n) is 1.59. The van der Waals surface area contributed by atoms with Crippen LogP contribution in [-0.4, -0.2) is 36.9 Å². The minimum atomic E-state index is -0.168. The number of amides is 2. The molecule has 1 aromatic carbocycles. The molecule has 1 aromatic rings. The van der Waals surface area contributed by atoms with Gasteiger partial charge < -0.3 is 10.2 Å². The van der Waals surface area contributed by atoms with Gasteiger partial charge in [-0.25, -0.2) is 0 Å². The predicted molar refractivity (Wildman–Crippen MR) is 78.9 cm³/mol. The first-order valence-electron chi connectivity index (χ1n) is 6.28. The van der Waals surface area contributed by atoms with Gasteiger partial charge in [0.1, 0.15) is 0 Å². The Hall–Kier alpha value is -2.32. The number of carbonyl (C=O) groups excluding carboxylic acids is 2. The van der Waals surface area contributed by atoms with E-state index >= 15 is 0 Å². The van der Waals surface area contributed by atoms with E-state index in [0.717, 1.165) is 5.56 Å². The maximum absolute atomic E-state index is 11.7. The van der Waals surface area contributed by atoms with Gasteiger partial charge in [0.25, 0.3) is 0 Å². The topological polar surface area (TPSA) is 61.4 Å². The summed E-state index contributed by atoms with van der Waals surface area (Å²) in [5, 5.41) is 5.63. The molecular weight excluding hydrogens is 254 g/mol. The standard InChI is InChI=1S/C15H19N3O2/c1-4-9-16-10-15(20)17-14-8-6-5-7-13(14)11-18(3)12(2)19/h1,5-8,16H,9-11H2,2-3H3,(H,17,20). The van der Waals surface area contributed by atoms with Gasteiger partial charge in [-0.2, -0.15) is 0 Å². The van der Waals surface area contributed by atoms with Crippen molar-refractivity contribution < 1.29 is 9.59 Å². The van der Waals surface area contributed by atoms with Gasteiger partial charge in [0.15, 0.2) is 0 Å². The van der Waals surface area contributed by atoms with Gasteiger partial charge in [-0.05, 0) is 11.6 Å². The number of hydrogen-bond donors (Lipinski definition) is 2. The first kappa shape index (κ1) is 15.7. The van der Waals surface area contributed by atoms with Crippen molar-refractivity contribution in [3.63, 3.8) is 0 Å². The fourth-order valence-corrected chi connectivity index (χ4v) is 1.59.